The lowest BCUT2D eigenvalue weighted by atomic mass is 10.1. The zero-order valence-electron chi connectivity index (χ0n) is 9.69. The molecule has 4 heteroatoms. The summed E-state index contributed by atoms with van der Waals surface area (Å²) < 4.78 is 0. The van der Waals surface area contributed by atoms with E-state index in [0.29, 0.717) is 0 Å². The molecule has 2 rings (SSSR count). The normalized spacial score (nSPS) is 12.6. The van der Waals surface area contributed by atoms with Crippen molar-refractivity contribution in [3.05, 3.63) is 39.7 Å². The van der Waals surface area contributed by atoms with Crippen LogP contribution in [-0.2, 0) is 6.42 Å². The van der Waals surface area contributed by atoms with E-state index in [0.717, 1.165) is 34.1 Å². The van der Waals surface area contributed by atoms with Gasteiger partial charge in [0.25, 0.3) is 0 Å². The fourth-order valence-electron chi connectivity index (χ4n) is 1.55. The number of hydrogen-bond donors (Lipinski definition) is 1. The molecule has 0 amide bonds. The first-order valence-electron chi connectivity index (χ1n) is 5.65. The second-order valence-electron chi connectivity index (χ2n) is 4.01. The lowest BCUT2D eigenvalue weighted by Crippen LogP contribution is -2.21. The van der Waals surface area contributed by atoms with Crippen LogP contribution in [0.5, 0.6) is 0 Å². The van der Waals surface area contributed by atoms with Crippen molar-refractivity contribution < 1.29 is 0 Å². The lowest BCUT2D eigenvalue weighted by Gasteiger charge is -2.04. The van der Waals surface area contributed by atoms with Crippen LogP contribution in [0.4, 0.5) is 0 Å². The summed E-state index contributed by atoms with van der Waals surface area (Å²) in [6.07, 6.45) is 1.83. The summed E-state index contributed by atoms with van der Waals surface area (Å²) in [5.74, 6) is 0. The molecule has 0 radical (unpaired) electrons. The maximum atomic E-state index is 5.96. The largest absolute Gasteiger partial charge is 0.327 e. The quantitative estimate of drug-likeness (QED) is 0.916. The third-order valence-electron chi connectivity index (χ3n) is 2.63. The molecule has 1 aromatic heterocycles. The van der Waals surface area contributed by atoms with Gasteiger partial charge in [-0.2, -0.15) is 0 Å². The molecule has 1 unspecified atom stereocenters. The van der Waals surface area contributed by atoms with E-state index in [1.54, 1.807) is 11.3 Å². The van der Waals surface area contributed by atoms with Crippen LogP contribution in [-0.4, -0.2) is 11.0 Å². The van der Waals surface area contributed by atoms with Crippen molar-refractivity contribution in [2.75, 3.05) is 0 Å². The van der Waals surface area contributed by atoms with Gasteiger partial charge in [0.15, 0.2) is 0 Å². The molecule has 1 atom stereocenters. The first kappa shape index (κ1) is 12.6. The number of aromatic nitrogens is 1. The molecule has 0 bridgehead atoms. The van der Waals surface area contributed by atoms with Gasteiger partial charge in [0, 0.05) is 28.4 Å². The monoisotopic (exact) mass is 266 g/mol. The average molecular weight is 267 g/mol. The van der Waals surface area contributed by atoms with Crippen LogP contribution in [0.3, 0.4) is 0 Å². The molecule has 0 saturated carbocycles. The predicted octanol–water partition coefficient (Wildman–Crippen LogP) is 3.74. The second kappa shape index (κ2) is 5.63. The molecule has 90 valence electrons. The van der Waals surface area contributed by atoms with Gasteiger partial charge in [-0.05, 0) is 18.6 Å². The molecule has 0 saturated heterocycles. The molecule has 2 nitrogen and oxygen atoms in total. The summed E-state index contributed by atoms with van der Waals surface area (Å²) in [7, 11) is 0. The van der Waals surface area contributed by atoms with Crippen LogP contribution in [0.25, 0.3) is 11.3 Å². The van der Waals surface area contributed by atoms with Crippen LogP contribution >= 0.6 is 22.9 Å². The standard InChI is InChI=1S/C13H15ClN2S/c1-2-11(15)7-13-16-12(8-17-13)9-4-3-5-10(14)6-9/h3-6,8,11H,2,7,15H2,1H3. The Morgan fingerprint density at radius 1 is 1.47 bits per heavy atom. The molecular formula is C13H15ClN2S. The Balaban J connectivity index is 2.18. The van der Waals surface area contributed by atoms with Gasteiger partial charge in [0.2, 0.25) is 0 Å². The van der Waals surface area contributed by atoms with Gasteiger partial charge in [0.1, 0.15) is 0 Å². The van der Waals surface area contributed by atoms with Crippen molar-refractivity contribution in [1.29, 1.82) is 0 Å². The van der Waals surface area contributed by atoms with Crippen LogP contribution in [0, 0.1) is 0 Å². The summed E-state index contributed by atoms with van der Waals surface area (Å²) >= 11 is 7.62. The third kappa shape index (κ3) is 3.28. The Morgan fingerprint density at radius 3 is 3.00 bits per heavy atom. The van der Waals surface area contributed by atoms with Crippen molar-refractivity contribution in [3.63, 3.8) is 0 Å². The Kier molecular flexibility index (Phi) is 4.15. The number of hydrogen-bond acceptors (Lipinski definition) is 3. The van der Waals surface area contributed by atoms with Crippen molar-refractivity contribution in [2.24, 2.45) is 5.73 Å². The minimum Gasteiger partial charge on any atom is -0.327 e. The highest BCUT2D eigenvalue weighted by atomic mass is 35.5. The fraction of sp³-hybridized carbons (Fsp3) is 0.308. The molecule has 2 N–H and O–H groups in total. The zero-order chi connectivity index (χ0) is 12.3. The highest BCUT2D eigenvalue weighted by molar-refractivity contribution is 7.09. The average Bonchev–Trinajstić information content (AvgIpc) is 2.77. The van der Waals surface area contributed by atoms with Gasteiger partial charge in [-0.1, -0.05) is 30.7 Å². The topological polar surface area (TPSA) is 38.9 Å². The Hall–Kier alpha value is -0.900. The minimum absolute atomic E-state index is 0.202. The molecule has 2 aromatic rings. The molecule has 0 aliphatic rings. The predicted molar refractivity (Wildman–Crippen MR) is 74.5 cm³/mol. The summed E-state index contributed by atoms with van der Waals surface area (Å²) in [5, 5.41) is 3.89. The molecule has 1 heterocycles. The summed E-state index contributed by atoms with van der Waals surface area (Å²) in [5.41, 5.74) is 7.97. The molecule has 0 aliphatic carbocycles. The Morgan fingerprint density at radius 2 is 2.29 bits per heavy atom. The smallest absolute Gasteiger partial charge is 0.0948 e. The van der Waals surface area contributed by atoms with E-state index in [2.05, 4.69) is 17.3 Å². The van der Waals surface area contributed by atoms with Crippen LogP contribution < -0.4 is 5.73 Å². The number of thiazole rings is 1. The Bertz CT molecular complexity index is 496. The van der Waals surface area contributed by atoms with E-state index < -0.39 is 0 Å². The number of benzene rings is 1. The first-order chi connectivity index (χ1) is 8.19. The molecule has 17 heavy (non-hydrogen) atoms. The highest BCUT2D eigenvalue weighted by Gasteiger charge is 2.08. The SMILES string of the molecule is CCC(N)Cc1nc(-c2cccc(Cl)c2)cs1. The van der Waals surface area contributed by atoms with E-state index in [1.807, 2.05) is 24.3 Å². The summed E-state index contributed by atoms with van der Waals surface area (Å²) in [4.78, 5) is 4.59. The lowest BCUT2D eigenvalue weighted by molar-refractivity contribution is 0.644. The van der Waals surface area contributed by atoms with Gasteiger partial charge < -0.3 is 5.73 Å². The van der Waals surface area contributed by atoms with Gasteiger partial charge >= 0.3 is 0 Å². The minimum atomic E-state index is 0.202. The van der Waals surface area contributed by atoms with E-state index in [-0.39, 0.29) is 6.04 Å². The Labute approximate surface area is 110 Å². The number of halogens is 1. The summed E-state index contributed by atoms with van der Waals surface area (Å²) in [6, 6.07) is 7.96. The van der Waals surface area contributed by atoms with Gasteiger partial charge in [-0.3, -0.25) is 0 Å². The van der Waals surface area contributed by atoms with Crippen molar-refractivity contribution in [2.45, 2.75) is 25.8 Å². The fourth-order valence-corrected chi connectivity index (χ4v) is 2.64. The van der Waals surface area contributed by atoms with E-state index in [4.69, 9.17) is 17.3 Å². The van der Waals surface area contributed by atoms with Gasteiger partial charge in [-0.15, -0.1) is 11.3 Å². The van der Waals surface area contributed by atoms with Crippen LogP contribution in [0.1, 0.15) is 18.4 Å². The van der Waals surface area contributed by atoms with Gasteiger partial charge in [0.05, 0.1) is 10.7 Å². The molecule has 0 fully saturated rings. The molecule has 1 aromatic carbocycles. The van der Waals surface area contributed by atoms with E-state index in [1.165, 1.54) is 0 Å². The maximum Gasteiger partial charge on any atom is 0.0948 e. The number of rotatable bonds is 4. The summed E-state index contributed by atoms with van der Waals surface area (Å²) in [6.45, 7) is 2.09. The second-order valence-corrected chi connectivity index (χ2v) is 5.39. The molecule has 0 aliphatic heterocycles. The third-order valence-corrected chi connectivity index (χ3v) is 3.74. The zero-order valence-corrected chi connectivity index (χ0v) is 11.3. The van der Waals surface area contributed by atoms with Crippen molar-refractivity contribution in [1.82, 2.24) is 4.98 Å². The van der Waals surface area contributed by atoms with Crippen LogP contribution in [0.2, 0.25) is 5.02 Å². The number of nitrogens with zero attached hydrogens (tertiary/aromatic N) is 1. The van der Waals surface area contributed by atoms with Crippen molar-refractivity contribution >= 4 is 22.9 Å². The molecule has 0 spiro atoms. The first-order valence-corrected chi connectivity index (χ1v) is 6.90. The maximum absolute atomic E-state index is 5.96. The van der Waals surface area contributed by atoms with Gasteiger partial charge in [-0.25, -0.2) is 4.98 Å². The van der Waals surface area contributed by atoms with Crippen molar-refractivity contribution in [3.8, 4) is 11.3 Å². The van der Waals surface area contributed by atoms with E-state index in [9.17, 15) is 0 Å². The van der Waals surface area contributed by atoms with E-state index >= 15 is 0 Å². The highest BCUT2D eigenvalue weighted by Crippen LogP contribution is 2.24. The molecular weight excluding hydrogens is 252 g/mol. The number of nitrogens with two attached hydrogens (primary N) is 1. The van der Waals surface area contributed by atoms with Crippen LogP contribution in [0.15, 0.2) is 29.6 Å².